The van der Waals surface area contributed by atoms with E-state index < -0.39 is 0 Å². The summed E-state index contributed by atoms with van der Waals surface area (Å²) in [5.41, 5.74) is 3.33. The van der Waals surface area contributed by atoms with Crippen molar-refractivity contribution in [2.75, 3.05) is 13.2 Å². The minimum atomic E-state index is -0.222. The van der Waals surface area contributed by atoms with Gasteiger partial charge in [0.15, 0.2) is 17.8 Å². The summed E-state index contributed by atoms with van der Waals surface area (Å²) in [4.78, 5) is 24.9. The van der Waals surface area contributed by atoms with Crippen molar-refractivity contribution in [2.45, 2.75) is 20.1 Å². The third-order valence-electron chi connectivity index (χ3n) is 6.10. The van der Waals surface area contributed by atoms with E-state index in [1.807, 2.05) is 13.0 Å². The number of aldehydes is 1. The van der Waals surface area contributed by atoms with Crippen molar-refractivity contribution >= 4 is 6.29 Å². The van der Waals surface area contributed by atoms with Crippen LogP contribution in [0.15, 0.2) is 77.7 Å². The standard InChI is InChI=1S/C30H24N2O6/c1-20-12-24(17-33)28(37-18-22-5-2-4-21(13-22)16-31)15-27(20)38-19-23-6-3-9-32(30(23)34)25-7-8-26-29(14-25)36-11-10-35-26/h2-9,12-15,17H,10-11,18-19H2,1H3. The van der Waals surface area contributed by atoms with Crippen molar-refractivity contribution in [3.63, 3.8) is 0 Å². The van der Waals surface area contributed by atoms with Gasteiger partial charge in [0.1, 0.15) is 37.9 Å². The second-order valence-corrected chi connectivity index (χ2v) is 8.70. The van der Waals surface area contributed by atoms with Crippen molar-refractivity contribution in [1.82, 2.24) is 4.57 Å². The fourth-order valence-corrected chi connectivity index (χ4v) is 4.15. The van der Waals surface area contributed by atoms with Crippen molar-refractivity contribution in [1.29, 1.82) is 5.26 Å². The SMILES string of the molecule is Cc1cc(C=O)c(OCc2cccc(C#N)c2)cc1OCc1cccn(-c2ccc3c(c2)OCCO3)c1=O. The maximum Gasteiger partial charge on any atom is 0.261 e. The molecule has 8 nitrogen and oxygen atoms in total. The molecule has 0 spiro atoms. The number of carbonyl (C=O) groups excluding carboxylic acids is 1. The van der Waals surface area contributed by atoms with Crippen molar-refractivity contribution in [2.24, 2.45) is 0 Å². The van der Waals surface area contributed by atoms with Crippen LogP contribution in [0.3, 0.4) is 0 Å². The van der Waals surface area contributed by atoms with E-state index in [9.17, 15) is 9.59 Å². The Labute approximate surface area is 219 Å². The molecule has 0 fully saturated rings. The number of rotatable bonds is 8. The first kappa shape index (κ1) is 24.7. The van der Waals surface area contributed by atoms with E-state index in [0.717, 1.165) is 17.4 Å². The summed E-state index contributed by atoms with van der Waals surface area (Å²) in [6, 6.07) is 21.4. The van der Waals surface area contributed by atoms with Crippen LogP contribution >= 0.6 is 0 Å². The quantitative estimate of drug-likeness (QED) is 0.317. The number of pyridine rings is 1. The first-order chi connectivity index (χ1) is 18.6. The zero-order valence-corrected chi connectivity index (χ0v) is 20.7. The topological polar surface area (TPSA) is 99.8 Å². The summed E-state index contributed by atoms with van der Waals surface area (Å²) in [5.74, 6) is 2.09. The molecule has 0 bridgehead atoms. The highest BCUT2D eigenvalue weighted by molar-refractivity contribution is 5.80. The Hall–Kier alpha value is -5.03. The summed E-state index contributed by atoms with van der Waals surface area (Å²) >= 11 is 0. The maximum atomic E-state index is 13.2. The van der Waals surface area contributed by atoms with Gasteiger partial charge in [0, 0.05) is 18.3 Å². The highest BCUT2D eigenvalue weighted by Crippen LogP contribution is 2.32. The summed E-state index contributed by atoms with van der Waals surface area (Å²) in [6.07, 6.45) is 2.41. The second-order valence-electron chi connectivity index (χ2n) is 8.70. The largest absolute Gasteiger partial charge is 0.488 e. The van der Waals surface area contributed by atoms with Crippen LogP contribution in [0.25, 0.3) is 5.69 Å². The number of fused-ring (bicyclic) bond motifs is 1. The lowest BCUT2D eigenvalue weighted by Crippen LogP contribution is -2.23. The van der Waals surface area contributed by atoms with Gasteiger partial charge in [-0.2, -0.15) is 5.26 Å². The molecule has 190 valence electrons. The maximum absolute atomic E-state index is 13.2. The molecule has 1 aliphatic rings. The molecule has 1 aromatic heterocycles. The lowest BCUT2D eigenvalue weighted by atomic mass is 10.1. The van der Waals surface area contributed by atoms with Crippen LogP contribution in [0.2, 0.25) is 0 Å². The van der Waals surface area contributed by atoms with Crippen LogP contribution in [-0.4, -0.2) is 24.1 Å². The minimum absolute atomic E-state index is 0.0230. The van der Waals surface area contributed by atoms with E-state index in [2.05, 4.69) is 6.07 Å². The summed E-state index contributed by atoms with van der Waals surface area (Å²) < 4.78 is 24.7. The lowest BCUT2D eigenvalue weighted by molar-refractivity contribution is 0.111. The average molecular weight is 509 g/mol. The number of nitrogens with zero attached hydrogens (tertiary/aromatic N) is 2. The third kappa shape index (κ3) is 5.22. The molecule has 2 heterocycles. The summed E-state index contributed by atoms with van der Waals surface area (Å²) in [6.45, 7) is 2.97. The van der Waals surface area contributed by atoms with E-state index in [1.54, 1.807) is 66.9 Å². The number of ether oxygens (including phenoxy) is 4. The van der Waals surface area contributed by atoms with Crippen LogP contribution in [0.5, 0.6) is 23.0 Å². The van der Waals surface area contributed by atoms with Gasteiger partial charge in [-0.05, 0) is 60.5 Å². The molecular weight excluding hydrogens is 484 g/mol. The van der Waals surface area contributed by atoms with Gasteiger partial charge in [-0.3, -0.25) is 14.2 Å². The first-order valence-electron chi connectivity index (χ1n) is 12.0. The molecule has 3 aromatic carbocycles. The van der Waals surface area contributed by atoms with Gasteiger partial charge >= 0.3 is 0 Å². The van der Waals surface area contributed by atoms with Gasteiger partial charge in [0.25, 0.3) is 5.56 Å². The average Bonchev–Trinajstić information content (AvgIpc) is 2.96. The second kappa shape index (κ2) is 10.9. The molecule has 4 aromatic rings. The number of aromatic nitrogens is 1. The molecule has 1 aliphatic heterocycles. The van der Waals surface area contributed by atoms with Gasteiger partial charge in [0.2, 0.25) is 0 Å². The minimum Gasteiger partial charge on any atom is -0.488 e. The number of benzene rings is 3. The van der Waals surface area contributed by atoms with Gasteiger partial charge in [-0.15, -0.1) is 0 Å². The summed E-state index contributed by atoms with van der Waals surface area (Å²) in [5, 5.41) is 9.11. The molecular formula is C30H24N2O6. The van der Waals surface area contributed by atoms with Gasteiger partial charge in [-0.1, -0.05) is 12.1 Å². The molecule has 0 saturated heterocycles. The highest BCUT2D eigenvalue weighted by Gasteiger charge is 2.15. The van der Waals surface area contributed by atoms with E-state index in [1.165, 1.54) is 4.57 Å². The molecule has 0 amide bonds. The third-order valence-corrected chi connectivity index (χ3v) is 6.10. The highest BCUT2D eigenvalue weighted by atomic mass is 16.6. The Morgan fingerprint density at radius 1 is 0.947 bits per heavy atom. The molecule has 0 N–H and O–H groups in total. The zero-order valence-electron chi connectivity index (χ0n) is 20.7. The Morgan fingerprint density at radius 2 is 1.76 bits per heavy atom. The number of hydrogen-bond donors (Lipinski definition) is 0. The molecule has 38 heavy (non-hydrogen) atoms. The predicted molar refractivity (Wildman–Crippen MR) is 139 cm³/mol. The van der Waals surface area contributed by atoms with Crippen molar-refractivity contribution < 1.29 is 23.7 Å². The zero-order chi connectivity index (χ0) is 26.5. The molecule has 0 aliphatic carbocycles. The van der Waals surface area contributed by atoms with Gasteiger partial charge in [-0.25, -0.2) is 0 Å². The molecule has 8 heteroatoms. The molecule has 0 atom stereocenters. The molecule has 0 saturated carbocycles. The van der Waals surface area contributed by atoms with E-state index in [0.29, 0.717) is 58.6 Å². The Bertz CT molecular complexity index is 1600. The molecule has 0 unspecified atom stereocenters. The first-order valence-corrected chi connectivity index (χ1v) is 12.0. The number of aryl methyl sites for hydroxylation is 1. The Morgan fingerprint density at radius 3 is 2.58 bits per heavy atom. The van der Waals surface area contributed by atoms with Gasteiger partial charge in [0.05, 0.1) is 28.4 Å². The van der Waals surface area contributed by atoms with Crippen LogP contribution < -0.4 is 24.5 Å². The molecule has 5 rings (SSSR count). The van der Waals surface area contributed by atoms with Crippen molar-refractivity contribution in [3.05, 3.63) is 111 Å². The fourth-order valence-electron chi connectivity index (χ4n) is 4.15. The predicted octanol–water partition coefficient (Wildman–Crippen LogP) is 4.76. The number of carbonyl (C=O) groups is 1. The monoisotopic (exact) mass is 508 g/mol. The number of hydrogen-bond acceptors (Lipinski definition) is 7. The normalized spacial score (nSPS) is 11.9. The fraction of sp³-hybridized carbons (Fsp3) is 0.167. The number of nitriles is 1. The Kier molecular flexibility index (Phi) is 7.09. The summed E-state index contributed by atoms with van der Waals surface area (Å²) in [7, 11) is 0. The molecule has 0 radical (unpaired) electrons. The van der Waals surface area contributed by atoms with Crippen LogP contribution in [0.1, 0.15) is 32.6 Å². The van der Waals surface area contributed by atoms with Crippen LogP contribution in [-0.2, 0) is 13.2 Å². The van der Waals surface area contributed by atoms with Crippen LogP contribution in [0, 0.1) is 18.3 Å². The van der Waals surface area contributed by atoms with Crippen LogP contribution in [0.4, 0.5) is 0 Å². The van der Waals surface area contributed by atoms with Crippen molar-refractivity contribution in [3.8, 4) is 34.8 Å². The Balaban J connectivity index is 1.35. The van der Waals surface area contributed by atoms with E-state index >= 15 is 0 Å². The smallest absolute Gasteiger partial charge is 0.261 e. The van der Waals surface area contributed by atoms with Gasteiger partial charge < -0.3 is 18.9 Å². The van der Waals surface area contributed by atoms with E-state index in [4.69, 9.17) is 24.2 Å². The lowest BCUT2D eigenvalue weighted by Gasteiger charge is -2.19. The van der Waals surface area contributed by atoms with E-state index in [-0.39, 0.29) is 18.8 Å².